The minimum absolute atomic E-state index is 0.0174. The fourth-order valence-corrected chi connectivity index (χ4v) is 5.16. The summed E-state index contributed by atoms with van der Waals surface area (Å²) in [6, 6.07) is 0.496. The van der Waals surface area contributed by atoms with E-state index in [9.17, 15) is 0 Å². The second kappa shape index (κ2) is 6.33. The van der Waals surface area contributed by atoms with Gasteiger partial charge in [0.15, 0.2) is 0 Å². The molecule has 2 bridgehead atoms. The van der Waals surface area contributed by atoms with Crippen LogP contribution < -0.4 is 5.32 Å². The van der Waals surface area contributed by atoms with Gasteiger partial charge < -0.3 is 14.8 Å². The summed E-state index contributed by atoms with van der Waals surface area (Å²) in [6.45, 7) is 4.65. The maximum absolute atomic E-state index is 6.27. The molecule has 1 heterocycles. The SMILES string of the molecule is CCOC1(C(CC2CC3CCC2C3)NC)CCOCC1. The maximum atomic E-state index is 6.27. The van der Waals surface area contributed by atoms with Crippen molar-refractivity contribution in [1.29, 1.82) is 0 Å². The molecular formula is C17H31NO2. The fraction of sp³-hybridized carbons (Fsp3) is 1.00. The van der Waals surface area contributed by atoms with Crippen molar-refractivity contribution in [1.82, 2.24) is 5.32 Å². The van der Waals surface area contributed by atoms with Crippen LogP contribution in [0.2, 0.25) is 0 Å². The molecule has 3 aliphatic rings. The lowest BCUT2D eigenvalue weighted by Crippen LogP contribution is -2.55. The number of rotatable bonds is 6. The molecule has 1 N–H and O–H groups in total. The Bertz CT molecular complexity index is 309. The van der Waals surface area contributed by atoms with E-state index in [-0.39, 0.29) is 5.60 Å². The van der Waals surface area contributed by atoms with Crippen LogP contribution in [0.5, 0.6) is 0 Å². The standard InChI is InChI=1S/C17H31NO2/c1-3-20-17(6-8-19-9-7-17)16(18-2)12-15-11-13-4-5-14(15)10-13/h13-16,18H,3-12H2,1-2H3. The Morgan fingerprint density at radius 3 is 2.60 bits per heavy atom. The van der Waals surface area contributed by atoms with Gasteiger partial charge in [0.1, 0.15) is 0 Å². The smallest absolute Gasteiger partial charge is 0.0878 e. The zero-order valence-corrected chi connectivity index (χ0v) is 13.2. The van der Waals surface area contributed by atoms with E-state index in [1.807, 2.05) is 0 Å². The molecule has 3 heteroatoms. The van der Waals surface area contributed by atoms with Crippen molar-refractivity contribution in [2.24, 2.45) is 17.8 Å². The van der Waals surface area contributed by atoms with Gasteiger partial charge in [0.2, 0.25) is 0 Å². The zero-order valence-electron chi connectivity index (χ0n) is 13.2. The van der Waals surface area contributed by atoms with Crippen molar-refractivity contribution < 1.29 is 9.47 Å². The van der Waals surface area contributed by atoms with Crippen LogP contribution in [0, 0.1) is 17.8 Å². The highest BCUT2D eigenvalue weighted by molar-refractivity contribution is 4.99. The van der Waals surface area contributed by atoms with Gasteiger partial charge in [-0.05, 0) is 57.4 Å². The Hall–Kier alpha value is -0.120. The Kier molecular flexibility index (Phi) is 4.68. The number of likely N-dealkylation sites (N-methyl/N-ethyl adjacent to an activating group) is 1. The lowest BCUT2D eigenvalue weighted by Gasteiger charge is -2.44. The van der Waals surface area contributed by atoms with E-state index >= 15 is 0 Å². The third kappa shape index (κ3) is 2.77. The van der Waals surface area contributed by atoms with Crippen molar-refractivity contribution in [3.8, 4) is 0 Å². The molecule has 3 fully saturated rings. The van der Waals surface area contributed by atoms with Crippen LogP contribution in [0.1, 0.15) is 51.9 Å². The highest BCUT2D eigenvalue weighted by atomic mass is 16.5. The van der Waals surface area contributed by atoms with Crippen molar-refractivity contribution in [2.45, 2.75) is 63.5 Å². The van der Waals surface area contributed by atoms with Gasteiger partial charge in [0, 0.05) is 38.7 Å². The Labute approximate surface area is 123 Å². The third-order valence-corrected chi connectivity index (χ3v) is 6.18. The second-order valence-corrected chi connectivity index (χ2v) is 7.12. The van der Waals surface area contributed by atoms with E-state index in [1.165, 1.54) is 32.1 Å². The summed E-state index contributed by atoms with van der Waals surface area (Å²) < 4.78 is 11.8. The molecule has 4 unspecified atom stereocenters. The van der Waals surface area contributed by atoms with E-state index in [4.69, 9.17) is 9.47 Å². The minimum Gasteiger partial charge on any atom is -0.381 e. The van der Waals surface area contributed by atoms with Gasteiger partial charge in [-0.1, -0.05) is 6.42 Å². The average molecular weight is 281 g/mol. The van der Waals surface area contributed by atoms with E-state index in [0.29, 0.717) is 6.04 Å². The number of fused-ring (bicyclic) bond motifs is 2. The number of ether oxygens (including phenoxy) is 2. The van der Waals surface area contributed by atoms with Crippen molar-refractivity contribution in [3.63, 3.8) is 0 Å². The molecule has 0 spiro atoms. The van der Waals surface area contributed by atoms with Crippen LogP contribution in [-0.4, -0.2) is 38.5 Å². The fourth-order valence-electron chi connectivity index (χ4n) is 5.16. The Balaban J connectivity index is 1.66. The molecule has 3 rings (SSSR count). The molecular weight excluding hydrogens is 250 g/mol. The summed E-state index contributed by atoms with van der Waals surface area (Å²) >= 11 is 0. The zero-order chi connectivity index (χ0) is 14.0. The average Bonchev–Trinajstić information content (AvgIpc) is 3.08. The summed E-state index contributed by atoms with van der Waals surface area (Å²) in [7, 11) is 2.12. The normalized spacial score (nSPS) is 37.2. The molecule has 2 saturated carbocycles. The first-order valence-electron chi connectivity index (χ1n) is 8.66. The highest BCUT2D eigenvalue weighted by Gasteiger charge is 2.45. The molecule has 1 saturated heterocycles. The number of hydrogen-bond donors (Lipinski definition) is 1. The van der Waals surface area contributed by atoms with Crippen molar-refractivity contribution in [3.05, 3.63) is 0 Å². The highest BCUT2D eigenvalue weighted by Crippen LogP contribution is 2.50. The third-order valence-electron chi connectivity index (χ3n) is 6.18. The van der Waals surface area contributed by atoms with E-state index in [1.54, 1.807) is 0 Å². The lowest BCUT2D eigenvalue weighted by molar-refractivity contribution is -0.129. The molecule has 0 aromatic carbocycles. The molecule has 2 aliphatic carbocycles. The van der Waals surface area contributed by atoms with E-state index in [2.05, 4.69) is 19.3 Å². The monoisotopic (exact) mass is 281 g/mol. The number of hydrogen-bond acceptors (Lipinski definition) is 3. The van der Waals surface area contributed by atoms with Gasteiger partial charge in [-0.2, -0.15) is 0 Å². The van der Waals surface area contributed by atoms with Gasteiger partial charge in [0.05, 0.1) is 5.60 Å². The first-order valence-corrected chi connectivity index (χ1v) is 8.66. The Morgan fingerprint density at radius 2 is 2.05 bits per heavy atom. The van der Waals surface area contributed by atoms with E-state index in [0.717, 1.165) is 50.4 Å². The van der Waals surface area contributed by atoms with Crippen molar-refractivity contribution in [2.75, 3.05) is 26.9 Å². The lowest BCUT2D eigenvalue weighted by atomic mass is 9.77. The van der Waals surface area contributed by atoms with Gasteiger partial charge in [-0.25, -0.2) is 0 Å². The van der Waals surface area contributed by atoms with Gasteiger partial charge in [0.25, 0.3) is 0 Å². The molecule has 0 radical (unpaired) electrons. The predicted molar refractivity (Wildman–Crippen MR) is 80.8 cm³/mol. The second-order valence-electron chi connectivity index (χ2n) is 7.12. The maximum Gasteiger partial charge on any atom is 0.0878 e. The summed E-state index contributed by atoms with van der Waals surface area (Å²) in [4.78, 5) is 0. The van der Waals surface area contributed by atoms with Gasteiger partial charge in [-0.15, -0.1) is 0 Å². The molecule has 0 aromatic heterocycles. The molecule has 0 amide bonds. The van der Waals surface area contributed by atoms with Crippen LogP contribution in [0.4, 0.5) is 0 Å². The largest absolute Gasteiger partial charge is 0.381 e. The quantitative estimate of drug-likeness (QED) is 0.812. The van der Waals surface area contributed by atoms with Crippen LogP contribution in [0.15, 0.2) is 0 Å². The molecule has 116 valence electrons. The Morgan fingerprint density at radius 1 is 1.25 bits per heavy atom. The van der Waals surface area contributed by atoms with Crippen molar-refractivity contribution >= 4 is 0 Å². The topological polar surface area (TPSA) is 30.5 Å². The predicted octanol–water partition coefficient (Wildman–Crippen LogP) is 2.99. The summed E-state index contributed by atoms with van der Waals surface area (Å²) in [6.07, 6.45) is 9.36. The van der Waals surface area contributed by atoms with Crippen LogP contribution in [-0.2, 0) is 9.47 Å². The van der Waals surface area contributed by atoms with Gasteiger partial charge >= 0.3 is 0 Å². The first-order chi connectivity index (χ1) is 9.77. The summed E-state index contributed by atoms with van der Waals surface area (Å²) in [5.41, 5.74) is 0.0174. The number of nitrogens with one attached hydrogen (secondary N) is 1. The molecule has 20 heavy (non-hydrogen) atoms. The molecule has 4 atom stereocenters. The van der Waals surface area contributed by atoms with E-state index < -0.39 is 0 Å². The van der Waals surface area contributed by atoms with Crippen LogP contribution in [0.25, 0.3) is 0 Å². The molecule has 1 aliphatic heterocycles. The summed E-state index contributed by atoms with van der Waals surface area (Å²) in [5, 5.41) is 3.60. The first kappa shape index (κ1) is 14.8. The van der Waals surface area contributed by atoms with Gasteiger partial charge in [-0.3, -0.25) is 0 Å². The molecule has 3 nitrogen and oxygen atoms in total. The van der Waals surface area contributed by atoms with Crippen LogP contribution >= 0.6 is 0 Å². The molecule has 0 aromatic rings. The van der Waals surface area contributed by atoms with Crippen LogP contribution in [0.3, 0.4) is 0 Å². The summed E-state index contributed by atoms with van der Waals surface area (Å²) in [5.74, 6) is 2.99. The minimum atomic E-state index is 0.0174.